The third-order valence-electron chi connectivity index (χ3n) is 6.07. The van der Waals surface area contributed by atoms with Crippen LogP contribution in [0.5, 0.6) is 0 Å². The summed E-state index contributed by atoms with van der Waals surface area (Å²) in [6.45, 7) is 15.1. The number of hydrogen-bond acceptors (Lipinski definition) is 5. The molecule has 0 saturated carbocycles. The SMILES string of the molecule is CCCCn1cc([C@@H]2O[C@H](CC)[C@H](O)C2O[Si](C)(C)C(C)(C)C)c(=O)[nH]c1=O. The van der Waals surface area contributed by atoms with Crippen molar-refractivity contribution >= 4 is 8.32 Å². The van der Waals surface area contributed by atoms with Gasteiger partial charge in [0, 0.05) is 12.7 Å². The van der Waals surface area contributed by atoms with Crippen molar-refractivity contribution in [3.8, 4) is 0 Å². The van der Waals surface area contributed by atoms with Gasteiger partial charge in [-0.15, -0.1) is 0 Å². The first-order chi connectivity index (χ1) is 12.9. The van der Waals surface area contributed by atoms with Crippen molar-refractivity contribution in [2.75, 3.05) is 0 Å². The van der Waals surface area contributed by atoms with Gasteiger partial charge in [0.2, 0.25) is 0 Å². The number of rotatable bonds is 7. The molecule has 0 spiro atoms. The smallest absolute Gasteiger partial charge is 0.328 e. The van der Waals surface area contributed by atoms with Gasteiger partial charge in [-0.05, 0) is 31.0 Å². The normalized spacial score (nSPS) is 26.0. The van der Waals surface area contributed by atoms with Crippen LogP contribution in [0.25, 0.3) is 0 Å². The number of nitrogens with one attached hydrogen (secondary N) is 1. The number of aromatic nitrogens is 2. The number of ether oxygens (including phenoxy) is 1. The first kappa shape index (κ1) is 23.1. The molecule has 1 aromatic heterocycles. The fraction of sp³-hybridized carbons (Fsp3) is 0.800. The molecule has 0 amide bonds. The molecule has 160 valence electrons. The van der Waals surface area contributed by atoms with Crippen LogP contribution in [0.4, 0.5) is 0 Å². The van der Waals surface area contributed by atoms with Crippen LogP contribution in [-0.4, -0.2) is 41.3 Å². The Morgan fingerprint density at radius 2 is 1.93 bits per heavy atom. The van der Waals surface area contributed by atoms with Crippen LogP contribution in [-0.2, 0) is 15.7 Å². The maximum absolute atomic E-state index is 12.6. The van der Waals surface area contributed by atoms with E-state index in [4.69, 9.17) is 9.16 Å². The van der Waals surface area contributed by atoms with Gasteiger partial charge in [0.25, 0.3) is 5.56 Å². The lowest BCUT2D eigenvalue weighted by molar-refractivity contribution is 0.00534. The van der Waals surface area contributed by atoms with E-state index in [2.05, 4.69) is 38.8 Å². The minimum Gasteiger partial charge on any atom is -0.408 e. The van der Waals surface area contributed by atoms with Gasteiger partial charge in [-0.2, -0.15) is 0 Å². The van der Waals surface area contributed by atoms with Crippen LogP contribution in [0.15, 0.2) is 15.8 Å². The predicted molar refractivity (Wildman–Crippen MR) is 112 cm³/mol. The Morgan fingerprint density at radius 3 is 2.46 bits per heavy atom. The summed E-state index contributed by atoms with van der Waals surface area (Å²) in [6.07, 6.45) is 1.40. The van der Waals surface area contributed by atoms with Gasteiger partial charge in [-0.25, -0.2) is 4.79 Å². The van der Waals surface area contributed by atoms with E-state index in [-0.39, 0.29) is 5.04 Å². The number of aliphatic hydroxyl groups excluding tert-OH is 1. The van der Waals surface area contributed by atoms with Gasteiger partial charge >= 0.3 is 5.69 Å². The van der Waals surface area contributed by atoms with Gasteiger partial charge < -0.3 is 18.8 Å². The van der Waals surface area contributed by atoms with Crippen LogP contribution in [0, 0.1) is 0 Å². The summed E-state index contributed by atoms with van der Waals surface area (Å²) in [5.74, 6) is 0. The molecule has 4 atom stereocenters. The number of aromatic amines is 1. The Balaban J connectivity index is 2.46. The second-order valence-corrected chi connectivity index (χ2v) is 14.0. The average Bonchev–Trinajstić information content (AvgIpc) is 2.89. The van der Waals surface area contributed by atoms with Gasteiger partial charge in [0.05, 0.1) is 11.7 Å². The molecule has 1 saturated heterocycles. The van der Waals surface area contributed by atoms with Crippen molar-refractivity contribution in [1.29, 1.82) is 0 Å². The molecule has 2 N–H and O–H groups in total. The van der Waals surface area contributed by atoms with Crippen LogP contribution in [0.2, 0.25) is 18.1 Å². The number of nitrogens with zero attached hydrogens (tertiary/aromatic N) is 1. The standard InChI is InChI=1S/C20H36N2O5Si/c1-8-10-11-22-12-13(18(24)21-19(22)25)16-17(15(23)14(9-2)26-16)27-28(6,7)20(3,4)5/h12,14-17,23H,8-11H2,1-7H3,(H,21,24,25)/t14-,15+,16+,17?/m1/s1. The van der Waals surface area contributed by atoms with Gasteiger partial charge in [0.15, 0.2) is 8.32 Å². The summed E-state index contributed by atoms with van der Waals surface area (Å²) < 4.78 is 14.1. The maximum atomic E-state index is 12.6. The molecule has 0 radical (unpaired) electrons. The van der Waals surface area contributed by atoms with Crippen molar-refractivity contribution in [1.82, 2.24) is 9.55 Å². The van der Waals surface area contributed by atoms with E-state index >= 15 is 0 Å². The summed E-state index contributed by atoms with van der Waals surface area (Å²) in [5.41, 5.74) is -0.556. The van der Waals surface area contributed by atoms with Crippen molar-refractivity contribution < 1.29 is 14.3 Å². The summed E-state index contributed by atoms with van der Waals surface area (Å²) in [7, 11) is -2.21. The van der Waals surface area contributed by atoms with Crippen molar-refractivity contribution in [2.24, 2.45) is 0 Å². The molecule has 7 nitrogen and oxygen atoms in total. The number of hydrogen-bond donors (Lipinski definition) is 2. The van der Waals surface area contributed by atoms with E-state index in [1.54, 1.807) is 6.20 Å². The van der Waals surface area contributed by atoms with E-state index in [9.17, 15) is 14.7 Å². The van der Waals surface area contributed by atoms with Crippen molar-refractivity contribution in [3.63, 3.8) is 0 Å². The molecular weight excluding hydrogens is 376 g/mol. The highest BCUT2D eigenvalue weighted by Gasteiger charge is 2.50. The summed E-state index contributed by atoms with van der Waals surface area (Å²) in [4.78, 5) is 27.1. The van der Waals surface area contributed by atoms with Crippen LogP contribution < -0.4 is 11.2 Å². The number of aryl methyl sites for hydroxylation is 1. The average molecular weight is 413 g/mol. The second-order valence-electron chi connectivity index (χ2n) is 9.23. The van der Waals surface area contributed by atoms with Gasteiger partial charge in [-0.3, -0.25) is 9.78 Å². The molecule has 1 fully saturated rings. The van der Waals surface area contributed by atoms with Crippen LogP contribution in [0.3, 0.4) is 0 Å². The Kier molecular flexibility index (Phi) is 7.12. The maximum Gasteiger partial charge on any atom is 0.328 e. The molecule has 0 bridgehead atoms. The highest BCUT2D eigenvalue weighted by Crippen LogP contribution is 2.43. The zero-order chi connectivity index (χ0) is 21.3. The minimum absolute atomic E-state index is 0.0477. The summed E-state index contributed by atoms with van der Waals surface area (Å²) in [6, 6.07) is 0. The molecule has 0 aromatic carbocycles. The summed E-state index contributed by atoms with van der Waals surface area (Å²) >= 11 is 0. The highest BCUT2D eigenvalue weighted by atomic mass is 28.4. The zero-order valence-electron chi connectivity index (χ0n) is 18.2. The van der Waals surface area contributed by atoms with Crippen LogP contribution >= 0.6 is 0 Å². The molecule has 2 rings (SSSR count). The monoisotopic (exact) mass is 412 g/mol. The molecule has 1 aromatic rings. The topological polar surface area (TPSA) is 93.6 Å². The Bertz CT molecular complexity index is 780. The predicted octanol–water partition coefficient (Wildman–Crippen LogP) is 2.94. The molecular formula is C20H36N2O5Si. The van der Waals surface area contributed by atoms with E-state index < -0.39 is 44.0 Å². The second kappa shape index (κ2) is 8.65. The zero-order valence-corrected chi connectivity index (χ0v) is 19.2. The number of unbranched alkanes of at least 4 members (excludes halogenated alkanes) is 1. The van der Waals surface area contributed by atoms with E-state index in [0.717, 1.165) is 12.8 Å². The van der Waals surface area contributed by atoms with Crippen LogP contribution in [0.1, 0.15) is 65.5 Å². The Hall–Kier alpha value is -1.22. The molecule has 1 aliphatic heterocycles. The summed E-state index contributed by atoms with van der Waals surface area (Å²) in [5, 5.41) is 10.8. The Morgan fingerprint density at radius 1 is 1.29 bits per heavy atom. The first-order valence-electron chi connectivity index (χ1n) is 10.3. The lowest BCUT2D eigenvalue weighted by atomic mass is 10.0. The first-order valence-corrected chi connectivity index (χ1v) is 13.2. The fourth-order valence-corrected chi connectivity index (χ4v) is 4.49. The van der Waals surface area contributed by atoms with E-state index in [1.807, 2.05) is 13.8 Å². The molecule has 8 heteroatoms. The number of H-pyrrole nitrogens is 1. The lowest BCUT2D eigenvalue weighted by Crippen LogP contribution is -2.48. The highest BCUT2D eigenvalue weighted by molar-refractivity contribution is 6.74. The number of aliphatic hydroxyl groups is 1. The third-order valence-corrected chi connectivity index (χ3v) is 10.5. The lowest BCUT2D eigenvalue weighted by Gasteiger charge is -2.40. The van der Waals surface area contributed by atoms with Gasteiger partial charge in [0.1, 0.15) is 18.3 Å². The molecule has 28 heavy (non-hydrogen) atoms. The van der Waals surface area contributed by atoms with Crippen molar-refractivity contribution in [2.45, 2.75) is 103 Å². The molecule has 0 aliphatic carbocycles. The van der Waals surface area contributed by atoms with E-state index in [1.165, 1.54) is 4.57 Å². The Labute approximate surface area is 168 Å². The molecule has 1 aliphatic rings. The fourth-order valence-electron chi connectivity index (χ4n) is 3.20. The minimum atomic E-state index is -2.21. The van der Waals surface area contributed by atoms with E-state index in [0.29, 0.717) is 18.5 Å². The van der Waals surface area contributed by atoms with Gasteiger partial charge in [-0.1, -0.05) is 41.0 Å². The largest absolute Gasteiger partial charge is 0.408 e. The van der Waals surface area contributed by atoms with Crippen molar-refractivity contribution in [3.05, 3.63) is 32.6 Å². The third kappa shape index (κ3) is 4.67. The quantitative estimate of drug-likeness (QED) is 0.672. The molecule has 1 unspecified atom stereocenters. The molecule has 2 heterocycles.